The summed E-state index contributed by atoms with van der Waals surface area (Å²) in [5, 5.41) is 2.40. The Labute approximate surface area is 99.2 Å². The predicted octanol–water partition coefficient (Wildman–Crippen LogP) is -0.788. The van der Waals surface area contributed by atoms with Gasteiger partial charge in [0, 0.05) is 5.56 Å². The van der Waals surface area contributed by atoms with Crippen LogP contribution in [0.1, 0.15) is 15.9 Å². The Bertz CT molecular complexity index is 486. The van der Waals surface area contributed by atoms with Crippen LogP contribution < -0.4 is 16.8 Å². The molecular weight excluding hydrogens is 218 g/mol. The summed E-state index contributed by atoms with van der Waals surface area (Å²) in [6, 6.07) is 6.82. The molecule has 17 heavy (non-hydrogen) atoms. The third-order valence-corrected chi connectivity index (χ3v) is 1.92. The number of nitrogens with two attached hydrogens (primary N) is 2. The van der Waals surface area contributed by atoms with Crippen LogP contribution in [0.25, 0.3) is 0 Å². The van der Waals surface area contributed by atoms with Crippen LogP contribution in [-0.4, -0.2) is 24.9 Å². The van der Waals surface area contributed by atoms with Crippen molar-refractivity contribution in [3.63, 3.8) is 0 Å². The van der Waals surface area contributed by atoms with Crippen LogP contribution in [0.2, 0.25) is 0 Å². The number of primary amides is 1. The molecule has 0 heterocycles. The average molecular weight is 231 g/mol. The van der Waals surface area contributed by atoms with Crippen molar-refractivity contribution >= 4 is 11.8 Å². The van der Waals surface area contributed by atoms with Crippen molar-refractivity contribution in [2.24, 2.45) is 11.5 Å². The van der Waals surface area contributed by atoms with Gasteiger partial charge in [-0.2, -0.15) is 0 Å². The van der Waals surface area contributed by atoms with Crippen molar-refractivity contribution in [3.8, 4) is 11.8 Å². The van der Waals surface area contributed by atoms with Crippen molar-refractivity contribution in [3.05, 3.63) is 35.4 Å². The zero-order valence-electron chi connectivity index (χ0n) is 9.19. The molecule has 0 radical (unpaired) electrons. The van der Waals surface area contributed by atoms with E-state index in [2.05, 4.69) is 17.2 Å². The lowest BCUT2D eigenvalue weighted by Crippen LogP contribution is -2.33. The second kappa shape index (κ2) is 6.30. The van der Waals surface area contributed by atoms with Gasteiger partial charge in [0.1, 0.15) is 0 Å². The summed E-state index contributed by atoms with van der Waals surface area (Å²) >= 11 is 0. The smallest absolute Gasteiger partial charge is 0.252 e. The summed E-state index contributed by atoms with van der Waals surface area (Å²) in [6.45, 7) is 0.0225. The van der Waals surface area contributed by atoms with Gasteiger partial charge in [-0.05, 0) is 12.1 Å². The minimum Gasteiger partial charge on any atom is -0.368 e. The van der Waals surface area contributed by atoms with Crippen molar-refractivity contribution < 1.29 is 9.59 Å². The quantitative estimate of drug-likeness (QED) is 0.595. The fourth-order valence-corrected chi connectivity index (χ4v) is 1.20. The van der Waals surface area contributed by atoms with Crippen LogP contribution in [0.3, 0.4) is 0 Å². The number of rotatable bonds is 3. The lowest BCUT2D eigenvalue weighted by molar-refractivity contribution is -0.117. The maximum atomic E-state index is 11.7. The highest BCUT2D eigenvalue weighted by Gasteiger charge is 2.09. The van der Waals surface area contributed by atoms with Gasteiger partial charge in [-0.25, -0.2) is 0 Å². The molecule has 0 unspecified atom stereocenters. The summed E-state index contributed by atoms with van der Waals surface area (Å²) in [4.78, 5) is 22.3. The number of nitrogens with one attached hydrogen (secondary N) is 1. The molecule has 1 aromatic rings. The first-order valence-corrected chi connectivity index (χ1v) is 4.99. The Hall–Kier alpha value is -2.32. The van der Waals surface area contributed by atoms with E-state index >= 15 is 0 Å². The maximum Gasteiger partial charge on any atom is 0.252 e. The molecule has 1 aromatic carbocycles. The highest BCUT2D eigenvalue weighted by molar-refractivity contribution is 5.98. The number of hydrogen-bond acceptors (Lipinski definition) is 3. The first-order chi connectivity index (χ1) is 8.15. The fourth-order valence-electron chi connectivity index (χ4n) is 1.20. The zero-order chi connectivity index (χ0) is 12.7. The van der Waals surface area contributed by atoms with E-state index < -0.39 is 5.91 Å². The second-order valence-corrected chi connectivity index (χ2v) is 3.20. The van der Waals surface area contributed by atoms with Gasteiger partial charge in [-0.1, -0.05) is 24.0 Å². The lowest BCUT2D eigenvalue weighted by atomic mass is 10.1. The van der Waals surface area contributed by atoms with Crippen LogP contribution in [0.4, 0.5) is 0 Å². The molecule has 2 amide bonds. The third-order valence-electron chi connectivity index (χ3n) is 1.92. The van der Waals surface area contributed by atoms with Gasteiger partial charge >= 0.3 is 0 Å². The molecule has 0 saturated heterocycles. The van der Waals surface area contributed by atoms with E-state index in [-0.39, 0.29) is 19.0 Å². The molecule has 1 rings (SSSR count). The van der Waals surface area contributed by atoms with Crippen LogP contribution in [0.15, 0.2) is 24.3 Å². The Morgan fingerprint density at radius 2 is 2.00 bits per heavy atom. The van der Waals surface area contributed by atoms with Crippen molar-refractivity contribution in [2.75, 3.05) is 13.1 Å². The second-order valence-electron chi connectivity index (χ2n) is 3.20. The standard InChI is InChI=1S/C12H13N3O2/c13-7-3-5-9-4-1-2-6-10(9)12(17)15-8-11(14)16/h1-2,4,6H,7-8,13H2,(H2,14,16)(H,15,17). The van der Waals surface area contributed by atoms with Gasteiger partial charge in [0.2, 0.25) is 5.91 Å². The van der Waals surface area contributed by atoms with Crippen molar-refractivity contribution in [2.45, 2.75) is 0 Å². The first kappa shape index (κ1) is 12.7. The van der Waals surface area contributed by atoms with Gasteiger partial charge in [0.15, 0.2) is 0 Å². The maximum absolute atomic E-state index is 11.7. The van der Waals surface area contributed by atoms with E-state index in [0.29, 0.717) is 11.1 Å². The molecule has 0 saturated carbocycles. The van der Waals surface area contributed by atoms with Gasteiger partial charge in [0.25, 0.3) is 5.91 Å². The minimum atomic E-state index is -0.594. The molecule has 5 N–H and O–H groups in total. The molecule has 0 aliphatic heterocycles. The zero-order valence-corrected chi connectivity index (χ0v) is 9.19. The van der Waals surface area contributed by atoms with Crippen molar-refractivity contribution in [1.29, 1.82) is 0 Å². The van der Waals surface area contributed by atoms with Gasteiger partial charge in [-0.15, -0.1) is 0 Å². The normalized spacial score (nSPS) is 9.00. The number of carbonyl (C=O) groups is 2. The van der Waals surface area contributed by atoms with Gasteiger partial charge < -0.3 is 16.8 Å². The van der Waals surface area contributed by atoms with Crippen molar-refractivity contribution in [1.82, 2.24) is 5.32 Å². The van der Waals surface area contributed by atoms with Crippen LogP contribution in [0.5, 0.6) is 0 Å². The molecule has 5 nitrogen and oxygen atoms in total. The molecule has 88 valence electrons. The summed E-state index contributed by atoms with van der Waals surface area (Å²) in [5.41, 5.74) is 11.2. The SMILES string of the molecule is NCC#Cc1ccccc1C(=O)NCC(N)=O. The Kier molecular flexibility index (Phi) is 4.73. The largest absolute Gasteiger partial charge is 0.368 e. The van der Waals surface area contributed by atoms with E-state index in [1.54, 1.807) is 24.3 Å². The summed E-state index contributed by atoms with van der Waals surface area (Å²) in [6.07, 6.45) is 0. The Morgan fingerprint density at radius 1 is 1.29 bits per heavy atom. The molecule has 0 bridgehead atoms. The highest BCUT2D eigenvalue weighted by atomic mass is 16.2. The molecular formula is C12H13N3O2. The molecule has 0 atom stereocenters. The number of amides is 2. The summed E-state index contributed by atoms with van der Waals surface area (Å²) in [7, 11) is 0. The Morgan fingerprint density at radius 3 is 2.65 bits per heavy atom. The first-order valence-electron chi connectivity index (χ1n) is 4.99. The van der Waals surface area contributed by atoms with E-state index in [1.165, 1.54) is 0 Å². The lowest BCUT2D eigenvalue weighted by Gasteiger charge is -2.04. The highest BCUT2D eigenvalue weighted by Crippen LogP contribution is 2.06. The van der Waals surface area contributed by atoms with E-state index in [4.69, 9.17) is 11.5 Å². The van der Waals surface area contributed by atoms with Gasteiger partial charge in [0.05, 0.1) is 18.7 Å². The van der Waals surface area contributed by atoms with Gasteiger partial charge in [-0.3, -0.25) is 9.59 Å². The summed E-state index contributed by atoms with van der Waals surface area (Å²) < 4.78 is 0. The molecule has 0 aliphatic carbocycles. The molecule has 0 fully saturated rings. The average Bonchev–Trinajstić information content (AvgIpc) is 2.33. The van der Waals surface area contributed by atoms with Crippen LogP contribution >= 0.6 is 0 Å². The van der Waals surface area contributed by atoms with E-state index in [0.717, 1.165) is 0 Å². The molecule has 5 heteroatoms. The fraction of sp³-hybridized carbons (Fsp3) is 0.167. The Balaban J connectivity index is 2.89. The van der Waals surface area contributed by atoms with Crippen LogP contribution in [-0.2, 0) is 4.79 Å². The topological polar surface area (TPSA) is 98.2 Å². The van der Waals surface area contributed by atoms with E-state index in [9.17, 15) is 9.59 Å². The number of hydrogen-bond donors (Lipinski definition) is 3. The van der Waals surface area contributed by atoms with E-state index in [1.807, 2.05) is 0 Å². The third kappa shape index (κ3) is 3.97. The van der Waals surface area contributed by atoms with Crippen LogP contribution in [0, 0.1) is 11.8 Å². The molecule has 0 aliphatic rings. The monoisotopic (exact) mass is 231 g/mol. The molecule has 0 aromatic heterocycles. The minimum absolute atomic E-state index is 0.197. The summed E-state index contributed by atoms with van der Waals surface area (Å²) in [5.74, 6) is 4.48. The molecule has 0 spiro atoms. The predicted molar refractivity (Wildman–Crippen MR) is 63.9 cm³/mol. The number of carbonyl (C=O) groups excluding carboxylic acids is 2. The number of benzene rings is 1.